The monoisotopic (exact) mass is 480 g/mol. The van der Waals surface area contributed by atoms with Crippen LogP contribution in [-0.2, 0) is 22.6 Å². The molecule has 0 heterocycles. The van der Waals surface area contributed by atoms with E-state index in [-0.39, 0.29) is 30.6 Å². The van der Waals surface area contributed by atoms with Crippen molar-refractivity contribution in [2.75, 3.05) is 6.54 Å². The van der Waals surface area contributed by atoms with E-state index in [0.717, 1.165) is 23.1 Å². The first kappa shape index (κ1) is 25.4. The summed E-state index contributed by atoms with van der Waals surface area (Å²) in [5.74, 6) is -0.357. The average molecular weight is 481 g/mol. The van der Waals surface area contributed by atoms with Gasteiger partial charge in [0.1, 0.15) is 11.9 Å². The molecule has 0 saturated carbocycles. The van der Waals surface area contributed by atoms with Crippen molar-refractivity contribution in [2.45, 2.75) is 39.3 Å². The van der Waals surface area contributed by atoms with Gasteiger partial charge in [0, 0.05) is 18.1 Å². The maximum absolute atomic E-state index is 13.6. The van der Waals surface area contributed by atoms with E-state index in [1.54, 1.807) is 41.3 Å². The van der Waals surface area contributed by atoms with Crippen LogP contribution in [0.3, 0.4) is 0 Å². The Morgan fingerprint density at radius 1 is 0.912 bits per heavy atom. The van der Waals surface area contributed by atoms with Gasteiger partial charge in [-0.1, -0.05) is 80.0 Å². The second kappa shape index (κ2) is 12.3. The topological polar surface area (TPSA) is 49.4 Å². The van der Waals surface area contributed by atoms with E-state index < -0.39 is 6.04 Å². The number of hydrogen-bond donors (Lipinski definition) is 1. The maximum atomic E-state index is 13.6. The Hall–Kier alpha value is -3.18. The number of hydrogen-bond acceptors (Lipinski definition) is 2. The fourth-order valence-electron chi connectivity index (χ4n) is 3.68. The molecule has 34 heavy (non-hydrogen) atoms. The lowest BCUT2D eigenvalue weighted by Crippen LogP contribution is -2.44. The average Bonchev–Trinajstić information content (AvgIpc) is 2.82. The molecule has 3 aromatic rings. The van der Waals surface area contributed by atoms with Gasteiger partial charge in [0.05, 0.1) is 6.42 Å². The third-order valence-corrected chi connectivity index (χ3v) is 5.80. The van der Waals surface area contributed by atoms with Gasteiger partial charge in [0.25, 0.3) is 0 Å². The van der Waals surface area contributed by atoms with Gasteiger partial charge in [-0.05, 0) is 53.3 Å². The Balaban J connectivity index is 1.95. The first-order valence-electron chi connectivity index (χ1n) is 11.4. The summed E-state index contributed by atoms with van der Waals surface area (Å²) in [7, 11) is 0. The number of nitrogens with zero attached hydrogens (tertiary/aromatic N) is 1. The largest absolute Gasteiger partial charge is 0.354 e. The van der Waals surface area contributed by atoms with E-state index in [9.17, 15) is 14.0 Å². The quantitative estimate of drug-likeness (QED) is 0.389. The molecule has 0 bridgehead atoms. The van der Waals surface area contributed by atoms with E-state index >= 15 is 0 Å². The van der Waals surface area contributed by atoms with Gasteiger partial charge in [-0.25, -0.2) is 4.39 Å². The first-order valence-corrected chi connectivity index (χ1v) is 11.8. The standard InChI is InChI=1S/C28H30ClFN2O2/c1-20(2)16-17-31-28(34)27(23-6-4-3-5-7-23)32(19-22-10-14-25(30)15-11-22)26(33)18-21-8-12-24(29)13-9-21/h3-15,20,27H,16-19H2,1-2H3,(H,31,34)/t27-/m1/s1. The summed E-state index contributed by atoms with van der Waals surface area (Å²) < 4.78 is 13.5. The summed E-state index contributed by atoms with van der Waals surface area (Å²) in [5, 5.41) is 3.59. The molecule has 1 atom stereocenters. The molecule has 0 radical (unpaired) electrons. The van der Waals surface area contributed by atoms with Crippen molar-refractivity contribution in [1.29, 1.82) is 0 Å². The number of amides is 2. The summed E-state index contributed by atoms with van der Waals surface area (Å²) in [6, 6.07) is 21.5. The number of carbonyl (C=O) groups is 2. The van der Waals surface area contributed by atoms with Crippen LogP contribution in [0.25, 0.3) is 0 Å². The molecular weight excluding hydrogens is 451 g/mol. The fraction of sp³-hybridized carbons (Fsp3) is 0.286. The zero-order chi connectivity index (χ0) is 24.5. The van der Waals surface area contributed by atoms with E-state index in [1.165, 1.54) is 12.1 Å². The highest BCUT2D eigenvalue weighted by molar-refractivity contribution is 6.30. The third-order valence-electron chi connectivity index (χ3n) is 5.55. The molecule has 0 fully saturated rings. The molecule has 3 rings (SSSR count). The lowest BCUT2D eigenvalue weighted by molar-refractivity contribution is -0.141. The van der Waals surface area contributed by atoms with Crippen molar-refractivity contribution < 1.29 is 14.0 Å². The number of halogens is 2. The second-order valence-electron chi connectivity index (χ2n) is 8.74. The molecule has 2 amide bonds. The number of carbonyl (C=O) groups excluding carboxylic acids is 2. The SMILES string of the molecule is CC(C)CCNC(=O)[C@@H](c1ccccc1)N(Cc1ccc(F)cc1)C(=O)Cc1ccc(Cl)cc1. The zero-order valence-electron chi connectivity index (χ0n) is 19.5. The summed E-state index contributed by atoms with van der Waals surface area (Å²) in [4.78, 5) is 28.6. The van der Waals surface area contributed by atoms with Crippen molar-refractivity contribution >= 4 is 23.4 Å². The van der Waals surface area contributed by atoms with Crippen LogP contribution in [0.2, 0.25) is 5.02 Å². The van der Waals surface area contributed by atoms with Crippen molar-refractivity contribution in [2.24, 2.45) is 5.92 Å². The van der Waals surface area contributed by atoms with Crippen LogP contribution in [0.5, 0.6) is 0 Å². The Morgan fingerprint density at radius 3 is 2.15 bits per heavy atom. The van der Waals surface area contributed by atoms with Crippen molar-refractivity contribution in [3.05, 3.63) is 106 Å². The Labute approximate surface area is 205 Å². The van der Waals surface area contributed by atoms with E-state index in [4.69, 9.17) is 11.6 Å². The third kappa shape index (κ3) is 7.42. The Bertz CT molecular complexity index is 1070. The lowest BCUT2D eigenvalue weighted by atomic mass is 10.0. The maximum Gasteiger partial charge on any atom is 0.247 e. The molecule has 0 aromatic heterocycles. The van der Waals surface area contributed by atoms with Crippen LogP contribution in [0.4, 0.5) is 4.39 Å². The predicted molar refractivity (Wildman–Crippen MR) is 134 cm³/mol. The number of rotatable bonds is 10. The zero-order valence-corrected chi connectivity index (χ0v) is 20.3. The van der Waals surface area contributed by atoms with Crippen LogP contribution in [0, 0.1) is 11.7 Å². The minimum atomic E-state index is -0.821. The highest BCUT2D eigenvalue weighted by atomic mass is 35.5. The molecular formula is C28H30ClFN2O2. The van der Waals surface area contributed by atoms with Crippen LogP contribution in [0.1, 0.15) is 43.0 Å². The normalized spacial score (nSPS) is 11.8. The van der Waals surface area contributed by atoms with Crippen LogP contribution < -0.4 is 5.32 Å². The van der Waals surface area contributed by atoms with Crippen LogP contribution >= 0.6 is 11.6 Å². The van der Waals surface area contributed by atoms with E-state index in [0.29, 0.717) is 17.5 Å². The lowest BCUT2D eigenvalue weighted by Gasteiger charge is -2.32. The Kier molecular flexibility index (Phi) is 9.23. The van der Waals surface area contributed by atoms with Crippen LogP contribution in [0.15, 0.2) is 78.9 Å². The van der Waals surface area contributed by atoms with E-state index in [1.807, 2.05) is 30.3 Å². The fourth-order valence-corrected chi connectivity index (χ4v) is 3.80. The number of nitrogens with one attached hydrogen (secondary N) is 1. The molecule has 4 nitrogen and oxygen atoms in total. The van der Waals surface area contributed by atoms with Gasteiger partial charge < -0.3 is 10.2 Å². The van der Waals surface area contributed by atoms with Crippen molar-refractivity contribution in [1.82, 2.24) is 10.2 Å². The van der Waals surface area contributed by atoms with E-state index in [2.05, 4.69) is 19.2 Å². The molecule has 0 aliphatic carbocycles. The molecule has 0 spiro atoms. The Morgan fingerprint density at radius 2 is 1.53 bits per heavy atom. The van der Waals surface area contributed by atoms with Gasteiger partial charge >= 0.3 is 0 Å². The van der Waals surface area contributed by atoms with Gasteiger partial charge in [-0.15, -0.1) is 0 Å². The summed E-state index contributed by atoms with van der Waals surface area (Å²) >= 11 is 5.99. The minimum absolute atomic E-state index is 0.112. The number of benzene rings is 3. The predicted octanol–water partition coefficient (Wildman–Crippen LogP) is 5.95. The van der Waals surface area contributed by atoms with Crippen molar-refractivity contribution in [3.8, 4) is 0 Å². The summed E-state index contributed by atoms with van der Waals surface area (Å²) in [6.45, 7) is 4.88. The molecule has 0 saturated heterocycles. The molecule has 3 aromatic carbocycles. The molecule has 0 unspecified atom stereocenters. The van der Waals surface area contributed by atoms with Gasteiger partial charge in [0.2, 0.25) is 11.8 Å². The molecule has 1 N–H and O–H groups in total. The molecule has 178 valence electrons. The second-order valence-corrected chi connectivity index (χ2v) is 9.17. The van der Waals surface area contributed by atoms with Crippen molar-refractivity contribution in [3.63, 3.8) is 0 Å². The summed E-state index contributed by atoms with van der Waals surface area (Å²) in [5.41, 5.74) is 2.25. The van der Waals surface area contributed by atoms with Gasteiger partial charge in [-0.3, -0.25) is 9.59 Å². The summed E-state index contributed by atoms with van der Waals surface area (Å²) in [6.07, 6.45) is 0.949. The highest BCUT2D eigenvalue weighted by Crippen LogP contribution is 2.25. The molecule has 0 aliphatic rings. The first-order chi connectivity index (χ1) is 16.3. The molecule has 0 aliphatic heterocycles. The smallest absolute Gasteiger partial charge is 0.247 e. The molecule has 6 heteroatoms. The van der Waals surface area contributed by atoms with Gasteiger partial charge in [0.15, 0.2) is 0 Å². The highest BCUT2D eigenvalue weighted by Gasteiger charge is 2.31. The van der Waals surface area contributed by atoms with Crippen LogP contribution in [-0.4, -0.2) is 23.3 Å². The minimum Gasteiger partial charge on any atom is -0.354 e. The van der Waals surface area contributed by atoms with Gasteiger partial charge in [-0.2, -0.15) is 0 Å².